The highest BCUT2D eigenvalue weighted by Gasteiger charge is 2.33. The molecule has 23 heavy (non-hydrogen) atoms. The fourth-order valence-electron chi connectivity index (χ4n) is 3.44. The third-order valence-corrected chi connectivity index (χ3v) is 4.56. The molecule has 114 valence electrons. The van der Waals surface area contributed by atoms with Crippen molar-refractivity contribution in [3.8, 4) is 6.07 Å². The third kappa shape index (κ3) is 2.21. The first-order valence-corrected chi connectivity index (χ1v) is 7.61. The minimum Gasteiger partial charge on any atom is -0.368 e. The number of hydrogen-bond acceptors (Lipinski definition) is 5. The van der Waals surface area contributed by atoms with Crippen LogP contribution in [0.5, 0.6) is 0 Å². The summed E-state index contributed by atoms with van der Waals surface area (Å²) in [6.07, 6.45) is 10.2. The molecular weight excluding hydrogens is 290 g/mol. The second kappa shape index (κ2) is 5.36. The van der Waals surface area contributed by atoms with Crippen LogP contribution in [0.25, 0.3) is 5.70 Å². The Morgan fingerprint density at radius 1 is 1.30 bits per heavy atom. The highest BCUT2D eigenvalue weighted by Crippen LogP contribution is 2.35. The predicted molar refractivity (Wildman–Crippen MR) is 82.9 cm³/mol. The van der Waals surface area contributed by atoms with E-state index in [4.69, 9.17) is 0 Å². The van der Waals surface area contributed by atoms with Crippen molar-refractivity contribution in [1.82, 2.24) is 19.4 Å². The van der Waals surface area contributed by atoms with E-state index in [1.165, 1.54) is 0 Å². The Kier molecular flexibility index (Phi) is 3.19. The molecule has 1 aliphatic carbocycles. The van der Waals surface area contributed by atoms with Crippen LogP contribution in [-0.2, 0) is 11.2 Å². The maximum absolute atomic E-state index is 12.3. The van der Waals surface area contributed by atoms with E-state index in [1.54, 1.807) is 18.6 Å². The van der Waals surface area contributed by atoms with Crippen LogP contribution in [0, 0.1) is 11.3 Å². The minimum atomic E-state index is -0.117. The predicted octanol–water partition coefficient (Wildman–Crippen LogP) is 1.58. The number of rotatable bonds is 2. The van der Waals surface area contributed by atoms with E-state index in [0.717, 1.165) is 36.3 Å². The van der Waals surface area contributed by atoms with Crippen LogP contribution in [0.2, 0.25) is 0 Å². The van der Waals surface area contributed by atoms with Crippen molar-refractivity contribution in [2.24, 2.45) is 0 Å². The summed E-state index contributed by atoms with van der Waals surface area (Å²) in [4.78, 5) is 22.7. The summed E-state index contributed by atoms with van der Waals surface area (Å²) in [5, 5.41) is 9.48. The lowest BCUT2D eigenvalue weighted by Crippen LogP contribution is -2.27. The van der Waals surface area contributed by atoms with Gasteiger partial charge in [0.25, 0.3) is 0 Å². The molecule has 1 saturated heterocycles. The molecule has 1 fully saturated rings. The molecule has 0 spiro atoms. The molecule has 3 heterocycles. The standard InChI is InChI=1S/C17H15N5O/c18-8-15-16(23)7-12-9-19-3-1-14(12)17(15)21-5-2-13(10-21)22-6-4-20-11-22/h1,3-4,6,9,11,13H,2,5,7,10H2/t13-/m1/s1. The highest BCUT2D eigenvalue weighted by molar-refractivity contribution is 6.09. The number of nitrogens with zero attached hydrogens (tertiary/aromatic N) is 5. The average molecular weight is 305 g/mol. The Balaban J connectivity index is 1.74. The molecule has 2 aromatic heterocycles. The number of allylic oxidation sites excluding steroid dienone is 1. The Labute approximate surface area is 133 Å². The maximum Gasteiger partial charge on any atom is 0.179 e. The number of hydrogen-bond donors (Lipinski definition) is 0. The Morgan fingerprint density at radius 3 is 3.00 bits per heavy atom. The summed E-state index contributed by atoms with van der Waals surface area (Å²) in [5.41, 5.74) is 2.90. The zero-order valence-electron chi connectivity index (χ0n) is 12.5. The summed E-state index contributed by atoms with van der Waals surface area (Å²) in [7, 11) is 0. The molecule has 6 nitrogen and oxygen atoms in total. The lowest BCUT2D eigenvalue weighted by atomic mass is 9.89. The molecule has 0 amide bonds. The molecule has 4 rings (SSSR count). The molecule has 0 radical (unpaired) electrons. The quantitative estimate of drug-likeness (QED) is 0.842. The van der Waals surface area contributed by atoms with E-state index >= 15 is 0 Å². The Morgan fingerprint density at radius 2 is 2.22 bits per heavy atom. The summed E-state index contributed by atoms with van der Waals surface area (Å²) < 4.78 is 2.09. The maximum atomic E-state index is 12.3. The highest BCUT2D eigenvalue weighted by atomic mass is 16.1. The van der Waals surface area contributed by atoms with E-state index < -0.39 is 0 Å². The van der Waals surface area contributed by atoms with Gasteiger partial charge < -0.3 is 9.47 Å². The van der Waals surface area contributed by atoms with E-state index in [1.807, 2.05) is 18.6 Å². The van der Waals surface area contributed by atoms with Gasteiger partial charge in [-0.1, -0.05) is 0 Å². The monoisotopic (exact) mass is 305 g/mol. The van der Waals surface area contributed by atoms with Crippen molar-refractivity contribution in [3.63, 3.8) is 0 Å². The third-order valence-electron chi connectivity index (χ3n) is 4.56. The molecule has 2 aromatic rings. The largest absolute Gasteiger partial charge is 0.368 e. The van der Waals surface area contributed by atoms with Gasteiger partial charge in [0.05, 0.1) is 18.1 Å². The number of nitriles is 1. The van der Waals surface area contributed by atoms with Crippen LogP contribution in [0.15, 0.2) is 42.8 Å². The first kappa shape index (κ1) is 13.7. The van der Waals surface area contributed by atoms with E-state index in [-0.39, 0.29) is 17.8 Å². The van der Waals surface area contributed by atoms with Gasteiger partial charge in [-0.15, -0.1) is 0 Å². The minimum absolute atomic E-state index is 0.117. The SMILES string of the molecule is N#CC1=C(N2CC[C@@H](n3ccnc3)C2)c2ccncc2CC1=O. The van der Waals surface area contributed by atoms with Crippen LogP contribution < -0.4 is 0 Å². The van der Waals surface area contributed by atoms with Crippen molar-refractivity contribution >= 4 is 11.5 Å². The van der Waals surface area contributed by atoms with Crippen LogP contribution >= 0.6 is 0 Å². The molecular formula is C17H15N5O. The summed E-state index contributed by atoms with van der Waals surface area (Å²) in [6.45, 7) is 1.59. The molecule has 0 aromatic carbocycles. The van der Waals surface area contributed by atoms with E-state index in [9.17, 15) is 10.1 Å². The lowest BCUT2D eigenvalue weighted by molar-refractivity contribution is -0.114. The Bertz CT molecular complexity index is 831. The number of carbonyl (C=O) groups is 1. The van der Waals surface area contributed by atoms with Gasteiger partial charge in [-0.05, 0) is 18.1 Å². The fraction of sp³-hybridized carbons (Fsp3) is 0.294. The average Bonchev–Trinajstić information content (AvgIpc) is 3.24. The van der Waals surface area contributed by atoms with Crippen molar-refractivity contribution < 1.29 is 4.79 Å². The first-order valence-electron chi connectivity index (χ1n) is 7.61. The molecule has 1 aliphatic heterocycles. The van der Waals surface area contributed by atoms with Gasteiger partial charge in [-0.25, -0.2) is 4.98 Å². The lowest BCUT2D eigenvalue weighted by Gasteiger charge is -2.28. The van der Waals surface area contributed by atoms with Crippen LogP contribution in [0.1, 0.15) is 23.6 Å². The molecule has 1 atom stereocenters. The van der Waals surface area contributed by atoms with Gasteiger partial charge in [0.15, 0.2) is 5.78 Å². The zero-order valence-corrected chi connectivity index (χ0v) is 12.5. The number of carbonyl (C=O) groups excluding carboxylic acids is 1. The van der Waals surface area contributed by atoms with Crippen molar-refractivity contribution in [2.75, 3.05) is 13.1 Å². The molecule has 0 unspecified atom stereocenters. The summed E-state index contributed by atoms with van der Waals surface area (Å²) in [6, 6.07) is 4.33. The number of aromatic nitrogens is 3. The van der Waals surface area contributed by atoms with E-state index in [0.29, 0.717) is 6.04 Å². The number of likely N-dealkylation sites (tertiary alicyclic amines) is 1. The second-order valence-electron chi connectivity index (χ2n) is 5.87. The molecule has 0 saturated carbocycles. The molecule has 0 N–H and O–H groups in total. The van der Waals surface area contributed by atoms with Crippen LogP contribution in [0.4, 0.5) is 0 Å². The van der Waals surface area contributed by atoms with Gasteiger partial charge in [-0.2, -0.15) is 5.26 Å². The van der Waals surface area contributed by atoms with Gasteiger partial charge in [0.1, 0.15) is 11.6 Å². The fourth-order valence-corrected chi connectivity index (χ4v) is 3.44. The summed E-state index contributed by atoms with van der Waals surface area (Å²) >= 11 is 0. The molecule has 0 bridgehead atoms. The zero-order chi connectivity index (χ0) is 15.8. The Hall–Kier alpha value is -2.94. The second-order valence-corrected chi connectivity index (χ2v) is 5.87. The van der Waals surface area contributed by atoms with Crippen molar-refractivity contribution in [3.05, 3.63) is 53.9 Å². The van der Waals surface area contributed by atoms with Gasteiger partial charge in [0.2, 0.25) is 0 Å². The van der Waals surface area contributed by atoms with Crippen LogP contribution in [-0.4, -0.2) is 38.3 Å². The molecule has 2 aliphatic rings. The van der Waals surface area contributed by atoms with Crippen molar-refractivity contribution in [1.29, 1.82) is 5.26 Å². The summed E-state index contributed by atoms with van der Waals surface area (Å²) in [5.74, 6) is -0.117. The normalized spacial score (nSPS) is 20.6. The smallest absolute Gasteiger partial charge is 0.179 e. The first-order chi connectivity index (χ1) is 11.3. The van der Waals surface area contributed by atoms with Crippen LogP contribution in [0.3, 0.4) is 0 Å². The van der Waals surface area contributed by atoms with Gasteiger partial charge in [0, 0.05) is 49.9 Å². The number of fused-ring (bicyclic) bond motifs is 1. The van der Waals surface area contributed by atoms with E-state index in [2.05, 4.69) is 25.5 Å². The molecule has 6 heteroatoms. The number of Topliss-reactive ketones (excluding diaryl/α,β-unsaturated/α-hetero) is 1. The topological polar surface area (TPSA) is 74.8 Å². The van der Waals surface area contributed by atoms with Gasteiger partial charge >= 0.3 is 0 Å². The van der Waals surface area contributed by atoms with Crippen molar-refractivity contribution in [2.45, 2.75) is 18.9 Å². The van der Waals surface area contributed by atoms with Gasteiger partial charge in [-0.3, -0.25) is 9.78 Å². The number of ketones is 1. The number of pyridine rings is 1. The number of imidazole rings is 1.